The highest BCUT2D eigenvalue weighted by Gasteiger charge is 2.36. The van der Waals surface area contributed by atoms with Crippen molar-refractivity contribution in [1.82, 2.24) is 10.2 Å². The number of carboxylic acid groups (broad SMARTS) is 1. The molecule has 2 aliphatic rings. The quantitative estimate of drug-likeness (QED) is 0.618. The highest BCUT2D eigenvalue weighted by atomic mass is 16.4. The van der Waals surface area contributed by atoms with Gasteiger partial charge in [0.1, 0.15) is 0 Å². The summed E-state index contributed by atoms with van der Waals surface area (Å²) in [4.78, 5) is 36.3. The van der Waals surface area contributed by atoms with Crippen molar-refractivity contribution in [2.75, 3.05) is 19.6 Å². The first-order valence-corrected chi connectivity index (χ1v) is 7.46. The molecule has 7 nitrogen and oxygen atoms in total. The van der Waals surface area contributed by atoms with E-state index in [4.69, 9.17) is 10.2 Å². The van der Waals surface area contributed by atoms with E-state index in [1.807, 2.05) is 0 Å². The third-order valence-electron chi connectivity index (χ3n) is 4.03. The van der Waals surface area contributed by atoms with Gasteiger partial charge in [0.25, 0.3) is 0 Å². The lowest BCUT2D eigenvalue weighted by molar-refractivity contribution is -0.147. The van der Waals surface area contributed by atoms with Crippen LogP contribution in [0.2, 0.25) is 0 Å². The van der Waals surface area contributed by atoms with Gasteiger partial charge < -0.3 is 20.4 Å². The Kier molecular flexibility index (Phi) is 5.17. The molecular weight excluding hydrogens is 276 g/mol. The lowest BCUT2D eigenvalue weighted by atomic mass is 9.96. The summed E-state index contributed by atoms with van der Waals surface area (Å²) in [7, 11) is 0. The van der Waals surface area contributed by atoms with E-state index >= 15 is 0 Å². The van der Waals surface area contributed by atoms with Gasteiger partial charge in [0, 0.05) is 32.0 Å². The van der Waals surface area contributed by atoms with Gasteiger partial charge in [-0.1, -0.05) is 0 Å². The third-order valence-corrected chi connectivity index (χ3v) is 4.03. The molecule has 0 aromatic rings. The normalized spacial score (nSPS) is 23.5. The highest BCUT2D eigenvalue weighted by Crippen LogP contribution is 2.32. The molecule has 2 fully saturated rings. The van der Waals surface area contributed by atoms with Gasteiger partial charge in [-0.2, -0.15) is 0 Å². The number of carboxylic acids is 1. The van der Waals surface area contributed by atoms with Gasteiger partial charge in [-0.05, 0) is 25.7 Å². The van der Waals surface area contributed by atoms with E-state index in [1.54, 1.807) is 4.90 Å². The fourth-order valence-corrected chi connectivity index (χ4v) is 2.58. The van der Waals surface area contributed by atoms with Gasteiger partial charge in [0.15, 0.2) is 6.10 Å². The molecule has 0 bridgehead atoms. The number of hydrogen-bond acceptors (Lipinski definition) is 4. The smallest absolute Gasteiger partial charge is 0.332 e. The molecule has 2 rings (SSSR count). The first-order valence-electron chi connectivity index (χ1n) is 7.46. The lowest BCUT2D eigenvalue weighted by Crippen LogP contribution is -2.46. The Balaban J connectivity index is 1.73. The van der Waals surface area contributed by atoms with Gasteiger partial charge in [-0.3, -0.25) is 9.59 Å². The second-order valence-electron chi connectivity index (χ2n) is 5.83. The zero-order chi connectivity index (χ0) is 15.4. The minimum atomic E-state index is -1.45. The van der Waals surface area contributed by atoms with Crippen LogP contribution in [0.4, 0.5) is 0 Å². The first-order chi connectivity index (χ1) is 9.99. The van der Waals surface area contributed by atoms with Crippen molar-refractivity contribution < 1.29 is 24.6 Å². The predicted octanol–water partition coefficient (Wildman–Crippen LogP) is -0.413. The van der Waals surface area contributed by atoms with Gasteiger partial charge in [-0.25, -0.2) is 4.79 Å². The Hall–Kier alpha value is -1.63. The van der Waals surface area contributed by atoms with Crippen LogP contribution in [0, 0.1) is 11.8 Å². The number of amides is 2. The van der Waals surface area contributed by atoms with Gasteiger partial charge in [0.05, 0.1) is 5.92 Å². The molecule has 118 valence electrons. The van der Waals surface area contributed by atoms with Crippen LogP contribution in [0.3, 0.4) is 0 Å². The van der Waals surface area contributed by atoms with Crippen LogP contribution in [0.5, 0.6) is 0 Å². The van der Waals surface area contributed by atoms with Crippen molar-refractivity contribution in [3.8, 4) is 0 Å². The number of piperidine rings is 1. The van der Waals surface area contributed by atoms with Crippen LogP contribution in [-0.4, -0.2) is 58.6 Å². The molecule has 1 saturated heterocycles. The predicted molar refractivity (Wildman–Crippen MR) is 73.3 cm³/mol. The fraction of sp³-hybridized carbons (Fsp3) is 0.786. The number of likely N-dealkylation sites (tertiary alicyclic amines) is 1. The van der Waals surface area contributed by atoms with Crippen molar-refractivity contribution in [2.24, 2.45) is 11.8 Å². The van der Waals surface area contributed by atoms with Crippen LogP contribution in [0.1, 0.15) is 32.1 Å². The summed E-state index contributed by atoms with van der Waals surface area (Å²) < 4.78 is 0. The SMILES string of the molecule is O=C(O)C(O)CCNC(=O)C1CCCN(C(=O)C2CC2)C1. The monoisotopic (exact) mass is 298 g/mol. The number of nitrogens with one attached hydrogen (secondary N) is 1. The minimum Gasteiger partial charge on any atom is -0.479 e. The second-order valence-corrected chi connectivity index (χ2v) is 5.83. The summed E-state index contributed by atoms with van der Waals surface area (Å²) in [6.45, 7) is 1.29. The van der Waals surface area contributed by atoms with Crippen LogP contribution in [0.15, 0.2) is 0 Å². The number of rotatable bonds is 6. The number of aliphatic carboxylic acids is 1. The molecule has 0 aromatic carbocycles. The Labute approximate surface area is 123 Å². The van der Waals surface area contributed by atoms with E-state index < -0.39 is 12.1 Å². The average molecular weight is 298 g/mol. The maximum atomic E-state index is 12.0. The summed E-state index contributed by atoms with van der Waals surface area (Å²) in [5.74, 6) is -1.36. The zero-order valence-corrected chi connectivity index (χ0v) is 12.0. The van der Waals surface area contributed by atoms with Crippen LogP contribution >= 0.6 is 0 Å². The maximum absolute atomic E-state index is 12.0. The lowest BCUT2D eigenvalue weighted by Gasteiger charge is -2.32. The third kappa shape index (κ3) is 4.42. The Morgan fingerprint density at radius 2 is 1.90 bits per heavy atom. The Bertz CT molecular complexity index is 422. The molecule has 1 aliphatic heterocycles. The molecule has 3 N–H and O–H groups in total. The molecule has 0 radical (unpaired) electrons. The molecule has 1 aliphatic carbocycles. The van der Waals surface area contributed by atoms with Gasteiger partial charge >= 0.3 is 5.97 Å². The summed E-state index contributed by atoms with van der Waals surface area (Å²) >= 11 is 0. The van der Waals surface area contributed by atoms with Crippen LogP contribution in [0.25, 0.3) is 0 Å². The molecule has 1 saturated carbocycles. The molecule has 1 heterocycles. The molecular formula is C14H22N2O5. The second kappa shape index (κ2) is 6.89. The molecule has 2 atom stereocenters. The van der Waals surface area contributed by atoms with E-state index in [0.717, 1.165) is 32.2 Å². The standard InChI is InChI=1S/C14H22N2O5/c17-11(14(20)21)5-6-15-12(18)10-2-1-7-16(8-10)13(19)9-3-4-9/h9-11,17H,1-8H2,(H,15,18)(H,20,21). The summed E-state index contributed by atoms with van der Waals surface area (Å²) in [6, 6.07) is 0. The van der Waals surface area contributed by atoms with E-state index in [0.29, 0.717) is 6.54 Å². The molecule has 2 amide bonds. The Morgan fingerprint density at radius 3 is 2.52 bits per heavy atom. The maximum Gasteiger partial charge on any atom is 0.332 e. The number of carbonyl (C=O) groups excluding carboxylic acids is 2. The van der Waals surface area contributed by atoms with E-state index in [2.05, 4.69) is 5.32 Å². The van der Waals surface area contributed by atoms with E-state index in [-0.39, 0.29) is 36.6 Å². The minimum absolute atomic E-state index is 0.0154. The van der Waals surface area contributed by atoms with Crippen molar-refractivity contribution in [1.29, 1.82) is 0 Å². The molecule has 2 unspecified atom stereocenters. The highest BCUT2D eigenvalue weighted by molar-refractivity contribution is 5.83. The van der Waals surface area contributed by atoms with Crippen molar-refractivity contribution in [3.63, 3.8) is 0 Å². The van der Waals surface area contributed by atoms with E-state index in [1.165, 1.54) is 0 Å². The number of hydrogen-bond donors (Lipinski definition) is 3. The fourth-order valence-electron chi connectivity index (χ4n) is 2.58. The summed E-state index contributed by atoms with van der Waals surface area (Å²) in [5, 5.41) is 20.3. The average Bonchev–Trinajstić information content (AvgIpc) is 3.30. The topological polar surface area (TPSA) is 107 Å². The summed E-state index contributed by atoms with van der Waals surface area (Å²) in [6.07, 6.45) is 2.00. The number of aliphatic hydroxyl groups is 1. The van der Waals surface area contributed by atoms with Crippen molar-refractivity contribution >= 4 is 17.8 Å². The van der Waals surface area contributed by atoms with Gasteiger partial charge in [-0.15, -0.1) is 0 Å². The molecule has 21 heavy (non-hydrogen) atoms. The van der Waals surface area contributed by atoms with Crippen LogP contribution in [-0.2, 0) is 14.4 Å². The van der Waals surface area contributed by atoms with E-state index in [9.17, 15) is 14.4 Å². The number of aliphatic hydroxyl groups excluding tert-OH is 1. The van der Waals surface area contributed by atoms with Crippen molar-refractivity contribution in [3.05, 3.63) is 0 Å². The molecule has 7 heteroatoms. The first kappa shape index (κ1) is 15.8. The number of nitrogens with zero attached hydrogens (tertiary/aromatic N) is 1. The summed E-state index contributed by atoms with van der Waals surface area (Å²) in [5.41, 5.74) is 0. The molecule has 0 aromatic heterocycles. The largest absolute Gasteiger partial charge is 0.479 e. The van der Waals surface area contributed by atoms with Crippen LogP contribution < -0.4 is 5.32 Å². The number of carbonyl (C=O) groups is 3. The molecule has 0 spiro atoms. The zero-order valence-electron chi connectivity index (χ0n) is 12.0. The van der Waals surface area contributed by atoms with Gasteiger partial charge in [0.2, 0.25) is 11.8 Å². The van der Waals surface area contributed by atoms with Crippen molar-refractivity contribution in [2.45, 2.75) is 38.2 Å². The Morgan fingerprint density at radius 1 is 1.19 bits per heavy atom.